The van der Waals surface area contributed by atoms with Crippen molar-refractivity contribution in [2.75, 3.05) is 13.2 Å². The standard InChI is InChI=1S/C13H18ClNO3/c1-9-13(17,4-5-18-9)8-15-7-10-2-3-12(16)11(14)6-10/h2-3,6,9,15-17H,4-5,7-8H2,1H3. The Kier molecular flexibility index (Phi) is 4.12. The van der Waals surface area contributed by atoms with E-state index in [-0.39, 0.29) is 11.9 Å². The molecule has 0 aliphatic carbocycles. The molecule has 4 nitrogen and oxygen atoms in total. The lowest BCUT2D eigenvalue weighted by Crippen LogP contribution is -2.45. The average Bonchev–Trinajstić information content (AvgIpc) is 2.65. The van der Waals surface area contributed by atoms with Crippen molar-refractivity contribution in [1.82, 2.24) is 5.32 Å². The van der Waals surface area contributed by atoms with Gasteiger partial charge in [0.05, 0.1) is 11.1 Å². The van der Waals surface area contributed by atoms with Crippen molar-refractivity contribution >= 4 is 11.6 Å². The molecule has 5 heteroatoms. The van der Waals surface area contributed by atoms with E-state index in [4.69, 9.17) is 16.3 Å². The zero-order valence-corrected chi connectivity index (χ0v) is 11.1. The summed E-state index contributed by atoms with van der Waals surface area (Å²) in [5.41, 5.74) is 0.175. The molecular formula is C13H18ClNO3. The maximum absolute atomic E-state index is 10.3. The number of phenolic OH excluding ortho intramolecular Hbond substituents is 1. The van der Waals surface area contributed by atoms with Crippen molar-refractivity contribution in [3.8, 4) is 5.75 Å². The molecule has 100 valence electrons. The summed E-state index contributed by atoms with van der Waals surface area (Å²) in [6, 6.07) is 5.07. The van der Waals surface area contributed by atoms with Gasteiger partial charge in [0.2, 0.25) is 0 Å². The molecule has 3 N–H and O–H groups in total. The maximum Gasteiger partial charge on any atom is 0.134 e. The number of benzene rings is 1. The first-order valence-electron chi connectivity index (χ1n) is 6.03. The second-order valence-corrected chi connectivity index (χ2v) is 5.16. The van der Waals surface area contributed by atoms with E-state index in [1.807, 2.05) is 6.92 Å². The van der Waals surface area contributed by atoms with Crippen LogP contribution in [0.4, 0.5) is 0 Å². The van der Waals surface area contributed by atoms with Crippen molar-refractivity contribution < 1.29 is 14.9 Å². The Labute approximate surface area is 112 Å². The zero-order valence-electron chi connectivity index (χ0n) is 10.3. The molecule has 0 aromatic heterocycles. The number of aromatic hydroxyl groups is 1. The largest absolute Gasteiger partial charge is 0.506 e. The van der Waals surface area contributed by atoms with E-state index in [1.165, 1.54) is 0 Å². The Morgan fingerprint density at radius 1 is 1.56 bits per heavy atom. The molecule has 1 aliphatic rings. The van der Waals surface area contributed by atoms with Gasteiger partial charge >= 0.3 is 0 Å². The van der Waals surface area contributed by atoms with Gasteiger partial charge in [-0.2, -0.15) is 0 Å². The Hall–Kier alpha value is -0.810. The lowest BCUT2D eigenvalue weighted by molar-refractivity contribution is -0.0262. The predicted molar refractivity (Wildman–Crippen MR) is 69.8 cm³/mol. The van der Waals surface area contributed by atoms with Crippen LogP contribution in [0.1, 0.15) is 18.9 Å². The fraction of sp³-hybridized carbons (Fsp3) is 0.538. The summed E-state index contributed by atoms with van der Waals surface area (Å²) >= 11 is 5.82. The second-order valence-electron chi connectivity index (χ2n) is 4.76. The van der Waals surface area contributed by atoms with Crippen molar-refractivity contribution in [2.45, 2.75) is 31.6 Å². The number of hydrogen-bond donors (Lipinski definition) is 3. The summed E-state index contributed by atoms with van der Waals surface area (Å²) in [6.07, 6.45) is 0.505. The monoisotopic (exact) mass is 271 g/mol. The second kappa shape index (κ2) is 5.45. The molecule has 1 aromatic rings. The molecule has 0 spiro atoms. The van der Waals surface area contributed by atoms with Crippen LogP contribution in [0.3, 0.4) is 0 Å². The van der Waals surface area contributed by atoms with E-state index in [0.717, 1.165) is 5.56 Å². The summed E-state index contributed by atoms with van der Waals surface area (Å²) in [5, 5.41) is 23.1. The smallest absolute Gasteiger partial charge is 0.134 e. The van der Waals surface area contributed by atoms with E-state index in [1.54, 1.807) is 18.2 Å². The van der Waals surface area contributed by atoms with Gasteiger partial charge in [0.25, 0.3) is 0 Å². The zero-order chi connectivity index (χ0) is 13.2. The molecule has 1 fully saturated rings. The topological polar surface area (TPSA) is 61.7 Å². The number of rotatable bonds is 4. The molecule has 1 aromatic carbocycles. The van der Waals surface area contributed by atoms with Crippen LogP contribution < -0.4 is 5.32 Å². The summed E-state index contributed by atoms with van der Waals surface area (Å²) in [5.74, 6) is 0.0804. The first kappa shape index (κ1) is 13.6. The fourth-order valence-electron chi connectivity index (χ4n) is 2.09. The van der Waals surface area contributed by atoms with Crippen LogP contribution >= 0.6 is 11.6 Å². The number of halogens is 1. The average molecular weight is 272 g/mol. The van der Waals surface area contributed by atoms with E-state index < -0.39 is 5.60 Å². The Morgan fingerprint density at radius 3 is 2.94 bits per heavy atom. The molecular weight excluding hydrogens is 254 g/mol. The lowest BCUT2D eigenvalue weighted by atomic mass is 9.96. The number of phenols is 1. The third kappa shape index (κ3) is 2.95. The van der Waals surface area contributed by atoms with Crippen molar-refractivity contribution in [3.63, 3.8) is 0 Å². The highest BCUT2D eigenvalue weighted by molar-refractivity contribution is 6.32. The maximum atomic E-state index is 10.3. The number of aliphatic hydroxyl groups is 1. The third-order valence-electron chi connectivity index (χ3n) is 3.43. The van der Waals surface area contributed by atoms with Gasteiger partial charge in [-0.3, -0.25) is 0 Å². The van der Waals surface area contributed by atoms with E-state index in [9.17, 15) is 10.2 Å². The molecule has 18 heavy (non-hydrogen) atoms. The highest BCUT2D eigenvalue weighted by atomic mass is 35.5. The van der Waals surface area contributed by atoms with Gasteiger partial charge in [0.15, 0.2) is 0 Å². The molecule has 0 radical (unpaired) electrons. The molecule has 1 saturated heterocycles. The molecule has 2 atom stereocenters. The third-order valence-corrected chi connectivity index (χ3v) is 3.73. The van der Waals surface area contributed by atoms with Gasteiger partial charge in [-0.25, -0.2) is 0 Å². The van der Waals surface area contributed by atoms with Crippen LogP contribution in [-0.4, -0.2) is 35.1 Å². The van der Waals surface area contributed by atoms with Crippen LogP contribution in [0.25, 0.3) is 0 Å². The Morgan fingerprint density at radius 2 is 2.33 bits per heavy atom. The lowest BCUT2D eigenvalue weighted by Gasteiger charge is -2.26. The van der Waals surface area contributed by atoms with Gasteiger partial charge in [-0.05, 0) is 24.6 Å². The van der Waals surface area contributed by atoms with Crippen LogP contribution in [0.2, 0.25) is 5.02 Å². The molecule has 1 aliphatic heterocycles. The number of hydrogen-bond acceptors (Lipinski definition) is 4. The van der Waals surface area contributed by atoms with E-state index >= 15 is 0 Å². The number of ether oxygens (including phenoxy) is 1. The summed E-state index contributed by atoms with van der Waals surface area (Å²) in [7, 11) is 0. The predicted octanol–water partition coefficient (Wildman–Crippen LogP) is 1.68. The molecule has 1 heterocycles. The first-order chi connectivity index (χ1) is 8.51. The molecule has 0 saturated carbocycles. The molecule has 0 amide bonds. The van der Waals surface area contributed by atoms with Gasteiger partial charge in [0, 0.05) is 26.1 Å². The van der Waals surface area contributed by atoms with E-state index in [2.05, 4.69) is 5.32 Å². The molecule has 2 rings (SSSR count). The first-order valence-corrected chi connectivity index (χ1v) is 6.41. The molecule has 2 unspecified atom stereocenters. The summed E-state index contributed by atoms with van der Waals surface area (Å²) < 4.78 is 5.36. The summed E-state index contributed by atoms with van der Waals surface area (Å²) in [4.78, 5) is 0. The Bertz CT molecular complexity index is 427. The van der Waals surface area contributed by atoms with Crippen LogP contribution in [-0.2, 0) is 11.3 Å². The van der Waals surface area contributed by atoms with Gasteiger partial charge in [-0.1, -0.05) is 17.7 Å². The highest BCUT2D eigenvalue weighted by Gasteiger charge is 2.38. The van der Waals surface area contributed by atoms with Crippen molar-refractivity contribution in [2.24, 2.45) is 0 Å². The molecule has 0 bridgehead atoms. The minimum atomic E-state index is -0.791. The number of nitrogens with one attached hydrogen (secondary N) is 1. The fourth-order valence-corrected chi connectivity index (χ4v) is 2.29. The van der Waals surface area contributed by atoms with E-state index in [0.29, 0.717) is 31.1 Å². The minimum Gasteiger partial charge on any atom is -0.506 e. The van der Waals surface area contributed by atoms with Crippen LogP contribution in [0.5, 0.6) is 5.75 Å². The Balaban J connectivity index is 1.86. The van der Waals surface area contributed by atoms with Gasteiger partial charge in [-0.15, -0.1) is 0 Å². The van der Waals surface area contributed by atoms with Crippen LogP contribution in [0, 0.1) is 0 Å². The minimum absolute atomic E-state index is 0.0804. The SMILES string of the molecule is CC1OCCC1(O)CNCc1ccc(O)c(Cl)c1. The normalized spacial score (nSPS) is 27.6. The van der Waals surface area contributed by atoms with Crippen molar-refractivity contribution in [1.29, 1.82) is 0 Å². The van der Waals surface area contributed by atoms with Gasteiger partial charge < -0.3 is 20.3 Å². The summed E-state index contributed by atoms with van der Waals surface area (Å²) in [6.45, 7) is 3.55. The van der Waals surface area contributed by atoms with Crippen molar-refractivity contribution in [3.05, 3.63) is 28.8 Å². The quantitative estimate of drug-likeness (QED) is 0.780. The van der Waals surface area contributed by atoms with Gasteiger partial charge in [0.1, 0.15) is 11.4 Å². The van der Waals surface area contributed by atoms with Crippen LogP contribution in [0.15, 0.2) is 18.2 Å². The highest BCUT2D eigenvalue weighted by Crippen LogP contribution is 2.26.